The van der Waals surface area contributed by atoms with Crippen LogP contribution in [-0.4, -0.2) is 32.7 Å². The number of halogens is 3. The van der Waals surface area contributed by atoms with Crippen LogP contribution in [0.15, 0.2) is 22.4 Å². The monoisotopic (exact) mass is 446 g/mol. The average Bonchev–Trinajstić information content (AvgIpc) is 2.54. The quantitative estimate of drug-likeness (QED) is 0.262. The van der Waals surface area contributed by atoms with E-state index in [-0.39, 0.29) is 17.0 Å². The molecule has 0 saturated heterocycles. The zero-order valence-electron chi connectivity index (χ0n) is 19.1. The van der Waals surface area contributed by atoms with E-state index in [2.05, 4.69) is 44.1 Å². The van der Waals surface area contributed by atoms with Gasteiger partial charge in [-0.1, -0.05) is 25.9 Å². The van der Waals surface area contributed by atoms with Gasteiger partial charge in [0.1, 0.15) is 11.4 Å². The second kappa shape index (κ2) is 10.0. The highest BCUT2D eigenvalue weighted by atomic mass is 28.4. The Morgan fingerprint density at radius 2 is 1.60 bits per heavy atom. The maximum absolute atomic E-state index is 14.1. The van der Waals surface area contributed by atoms with Gasteiger partial charge in [0.2, 0.25) is 0 Å². The maximum atomic E-state index is 14.1. The van der Waals surface area contributed by atoms with E-state index >= 15 is 0 Å². The molecule has 1 aromatic rings. The Bertz CT molecular complexity index is 772. The molecule has 0 aliphatic carbocycles. The summed E-state index contributed by atoms with van der Waals surface area (Å²) in [5.41, 5.74) is -0.780. The molecule has 0 spiro atoms. The highest BCUT2D eigenvalue weighted by Gasteiger charge is 2.37. The molecule has 1 atom stereocenters. The minimum Gasteiger partial charge on any atom is -0.441 e. The van der Waals surface area contributed by atoms with E-state index in [1.807, 2.05) is 0 Å². The van der Waals surface area contributed by atoms with Crippen LogP contribution >= 0.6 is 0 Å². The summed E-state index contributed by atoms with van der Waals surface area (Å²) in [5.74, 6) is -3.28. The van der Waals surface area contributed by atoms with Crippen LogP contribution in [0.3, 0.4) is 0 Å². The minimum atomic E-state index is -2.02. The third-order valence-electron chi connectivity index (χ3n) is 4.96. The number of carbonyl (C=O) groups is 1. The predicted molar refractivity (Wildman–Crippen MR) is 113 cm³/mol. The van der Waals surface area contributed by atoms with Crippen LogP contribution < -0.4 is 0 Å². The van der Waals surface area contributed by atoms with Crippen LogP contribution in [0.25, 0.3) is 0 Å². The van der Waals surface area contributed by atoms with E-state index in [9.17, 15) is 18.0 Å². The van der Waals surface area contributed by atoms with Crippen molar-refractivity contribution in [2.24, 2.45) is 10.2 Å². The lowest BCUT2D eigenvalue weighted by Crippen LogP contribution is -2.41. The molecule has 0 fully saturated rings. The summed E-state index contributed by atoms with van der Waals surface area (Å²) >= 11 is 0. The summed E-state index contributed by atoms with van der Waals surface area (Å²) < 4.78 is 52.1. The molecule has 0 aromatic heterocycles. The Balaban J connectivity index is 2.96. The van der Waals surface area contributed by atoms with Crippen LogP contribution in [-0.2, 0) is 15.6 Å². The standard InChI is InChI=1S/C21H33F3N2O3Si/c1-20(2,3)29-19(27)26-25-15(9-10-28-30(7,8)21(4,5)6)11-14-12-17(23)18(24)13-16(14)22/h12-13,15H,9-11H2,1-8H3/t15-/m0/s1. The fourth-order valence-electron chi connectivity index (χ4n) is 2.25. The maximum Gasteiger partial charge on any atom is 0.452 e. The number of carbonyl (C=O) groups excluding carboxylic acids is 1. The average molecular weight is 447 g/mol. The summed E-state index contributed by atoms with van der Waals surface area (Å²) in [4.78, 5) is 11.9. The molecule has 5 nitrogen and oxygen atoms in total. The van der Waals surface area contributed by atoms with Gasteiger partial charge in [0, 0.05) is 12.7 Å². The first-order chi connectivity index (χ1) is 13.5. The number of nitrogens with zero attached hydrogens (tertiary/aromatic N) is 2. The molecule has 1 aromatic carbocycles. The van der Waals surface area contributed by atoms with Crippen LogP contribution in [0.4, 0.5) is 18.0 Å². The Kier molecular flexibility index (Phi) is 8.80. The van der Waals surface area contributed by atoms with Gasteiger partial charge < -0.3 is 9.16 Å². The van der Waals surface area contributed by atoms with E-state index in [4.69, 9.17) is 9.16 Å². The number of azo groups is 1. The number of ether oxygens (including phenoxy) is 1. The smallest absolute Gasteiger partial charge is 0.441 e. The van der Waals surface area contributed by atoms with E-state index in [0.29, 0.717) is 19.1 Å². The Morgan fingerprint density at radius 3 is 2.13 bits per heavy atom. The fourth-order valence-corrected chi connectivity index (χ4v) is 3.31. The van der Waals surface area contributed by atoms with E-state index in [1.54, 1.807) is 20.8 Å². The van der Waals surface area contributed by atoms with E-state index in [0.717, 1.165) is 6.07 Å². The Labute approximate surface area is 178 Å². The van der Waals surface area contributed by atoms with Gasteiger partial charge in [0.05, 0.1) is 6.04 Å². The molecule has 170 valence electrons. The number of amides is 1. The van der Waals surface area contributed by atoms with Gasteiger partial charge in [0.25, 0.3) is 0 Å². The lowest BCUT2D eigenvalue weighted by Gasteiger charge is -2.36. The Morgan fingerprint density at radius 1 is 1.03 bits per heavy atom. The molecule has 1 amide bonds. The van der Waals surface area contributed by atoms with Gasteiger partial charge in [-0.3, -0.25) is 0 Å². The zero-order valence-corrected chi connectivity index (χ0v) is 20.1. The van der Waals surface area contributed by atoms with Crippen molar-refractivity contribution in [2.45, 2.75) is 84.2 Å². The summed E-state index contributed by atoms with van der Waals surface area (Å²) in [6.45, 7) is 15.9. The van der Waals surface area contributed by atoms with Crippen LogP contribution in [0.1, 0.15) is 53.5 Å². The lowest BCUT2D eigenvalue weighted by atomic mass is 10.0. The van der Waals surface area contributed by atoms with Crippen molar-refractivity contribution in [1.82, 2.24) is 0 Å². The fraction of sp³-hybridized carbons (Fsp3) is 0.667. The van der Waals surface area contributed by atoms with Crippen LogP contribution in [0.2, 0.25) is 18.1 Å². The normalized spacial score (nSPS) is 14.2. The SMILES string of the molecule is CC(C)(C)OC(=O)N=N[C@@H](CCO[Si](C)(C)C(C)(C)C)Cc1cc(F)c(F)cc1F. The molecular weight excluding hydrogens is 413 g/mol. The van der Waals surface area contributed by atoms with Crippen molar-refractivity contribution < 1.29 is 27.1 Å². The first-order valence-electron chi connectivity index (χ1n) is 9.93. The van der Waals surface area contributed by atoms with Crippen molar-refractivity contribution in [3.63, 3.8) is 0 Å². The van der Waals surface area contributed by atoms with Crippen molar-refractivity contribution in [1.29, 1.82) is 0 Å². The molecule has 30 heavy (non-hydrogen) atoms. The van der Waals surface area contributed by atoms with Crippen LogP contribution in [0, 0.1) is 17.5 Å². The predicted octanol–water partition coefficient (Wildman–Crippen LogP) is 6.81. The first kappa shape index (κ1) is 26.3. The highest BCUT2D eigenvalue weighted by molar-refractivity contribution is 6.74. The topological polar surface area (TPSA) is 60.2 Å². The number of hydrogen-bond donors (Lipinski definition) is 0. The molecule has 0 radical (unpaired) electrons. The van der Waals surface area contributed by atoms with Crippen LogP contribution in [0.5, 0.6) is 0 Å². The first-order valence-corrected chi connectivity index (χ1v) is 12.8. The van der Waals surface area contributed by atoms with Gasteiger partial charge in [-0.05, 0) is 63.4 Å². The van der Waals surface area contributed by atoms with E-state index in [1.165, 1.54) is 0 Å². The summed E-state index contributed by atoms with van der Waals surface area (Å²) in [7, 11) is -2.02. The van der Waals surface area contributed by atoms with Crippen molar-refractivity contribution in [3.8, 4) is 0 Å². The van der Waals surface area contributed by atoms with E-state index < -0.39 is 43.5 Å². The molecule has 0 bridgehead atoms. The molecular formula is C21H33F3N2O3Si. The van der Waals surface area contributed by atoms with Gasteiger partial charge in [-0.25, -0.2) is 18.0 Å². The third-order valence-corrected chi connectivity index (χ3v) is 9.50. The highest BCUT2D eigenvalue weighted by Crippen LogP contribution is 2.36. The van der Waals surface area contributed by atoms with Gasteiger partial charge in [0.15, 0.2) is 20.0 Å². The second-order valence-electron chi connectivity index (χ2n) is 9.81. The molecule has 0 saturated carbocycles. The minimum absolute atomic E-state index is 0.00667. The molecule has 0 unspecified atom stereocenters. The zero-order chi connectivity index (χ0) is 23.3. The van der Waals surface area contributed by atoms with Gasteiger partial charge >= 0.3 is 6.09 Å². The van der Waals surface area contributed by atoms with Crippen molar-refractivity contribution in [2.75, 3.05) is 6.61 Å². The molecule has 1 rings (SSSR count). The molecule has 0 aliphatic heterocycles. The molecule has 0 N–H and O–H groups in total. The molecule has 9 heteroatoms. The van der Waals surface area contributed by atoms with Crippen molar-refractivity contribution in [3.05, 3.63) is 35.1 Å². The Hall–Kier alpha value is -1.74. The lowest BCUT2D eigenvalue weighted by molar-refractivity contribution is 0.0587. The second-order valence-corrected chi connectivity index (χ2v) is 14.6. The van der Waals surface area contributed by atoms with Crippen molar-refractivity contribution >= 4 is 14.4 Å². The van der Waals surface area contributed by atoms with Gasteiger partial charge in [-0.15, -0.1) is 0 Å². The molecule has 0 aliphatic rings. The van der Waals surface area contributed by atoms with Gasteiger partial charge in [-0.2, -0.15) is 5.11 Å². The number of benzene rings is 1. The number of rotatable bonds is 7. The largest absolute Gasteiger partial charge is 0.452 e. The molecule has 0 heterocycles. The summed E-state index contributed by atoms with van der Waals surface area (Å²) in [6.07, 6.45) is -0.600. The number of hydrogen-bond acceptors (Lipinski definition) is 4. The summed E-state index contributed by atoms with van der Waals surface area (Å²) in [6, 6.07) is 0.635. The third kappa shape index (κ3) is 8.55. The summed E-state index contributed by atoms with van der Waals surface area (Å²) in [5, 5.41) is 7.56.